The van der Waals surface area contributed by atoms with Gasteiger partial charge in [0.05, 0.1) is 25.0 Å². The van der Waals surface area contributed by atoms with Gasteiger partial charge in [0.1, 0.15) is 0 Å². The highest BCUT2D eigenvalue weighted by Crippen LogP contribution is 2.37. The highest BCUT2D eigenvalue weighted by atomic mass is 16.5. The molecule has 1 N–H and O–H groups in total. The number of amides is 3. The van der Waals surface area contributed by atoms with Crippen LogP contribution in [0.25, 0.3) is 0 Å². The topological polar surface area (TPSA) is 79.0 Å². The van der Waals surface area contributed by atoms with Crippen molar-refractivity contribution >= 4 is 17.7 Å². The first-order valence-electron chi connectivity index (χ1n) is 9.85. The average molecular weight is 365 g/mol. The summed E-state index contributed by atoms with van der Waals surface area (Å²) >= 11 is 0. The van der Waals surface area contributed by atoms with Crippen LogP contribution in [0.2, 0.25) is 0 Å². The van der Waals surface area contributed by atoms with E-state index in [-0.39, 0.29) is 48.1 Å². The van der Waals surface area contributed by atoms with Crippen molar-refractivity contribution in [2.75, 3.05) is 39.4 Å². The van der Waals surface area contributed by atoms with Crippen LogP contribution in [0.15, 0.2) is 0 Å². The maximum absolute atomic E-state index is 12.4. The predicted octanol–water partition coefficient (Wildman–Crippen LogP) is 0.779. The summed E-state index contributed by atoms with van der Waals surface area (Å²) in [6.07, 6.45) is 3.84. The zero-order chi connectivity index (χ0) is 18.7. The van der Waals surface area contributed by atoms with Crippen LogP contribution in [-0.4, -0.2) is 72.5 Å². The molecule has 2 atom stereocenters. The molecule has 1 saturated carbocycles. The van der Waals surface area contributed by atoms with Gasteiger partial charge in [-0.15, -0.1) is 0 Å². The normalized spacial score (nSPS) is 27.5. The number of morpholine rings is 1. The number of ether oxygens (including phenoxy) is 1. The summed E-state index contributed by atoms with van der Waals surface area (Å²) in [5.41, 5.74) is -0.145. The van der Waals surface area contributed by atoms with Crippen molar-refractivity contribution in [1.82, 2.24) is 15.1 Å². The lowest BCUT2D eigenvalue weighted by molar-refractivity contribution is -0.140. The maximum Gasteiger partial charge on any atom is 0.233 e. The van der Waals surface area contributed by atoms with Crippen molar-refractivity contribution in [1.29, 1.82) is 0 Å². The lowest BCUT2D eigenvalue weighted by atomic mass is 9.81. The number of hydrogen-bond donors (Lipinski definition) is 1. The summed E-state index contributed by atoms with van der Waals surface area (Å²) in [7, 11) is 0. The molecule has 3 amide bonds. The largest absolute Gasteiger partial charge is 0.379 e. The van der Waals surface area contributed by atoms with Crippen molar-refractivity contribution in [2.45, 2.75) is 51.5 Å². The number of hydrogen-bond acceptors (Lipinski definition) is 5. The van der Waals surface area contributed by atoms with E-state index in [1.54, 1.807) is 0 Å². The molecule has 0 spiro atoms. The van der Waals surface area contributed by atoms with Crippen LogP contribution in [0.1, 0.15) is 46.0 Å². The molecule has 0 unspecified atom stereocenters. The van der Waals surface area contributed by atoms with Crippen molar-refractivity contribution in [2.24, 2.45) is 11.8 Å². The summed E-state index contributed by atoms with van der Waals surface area (Å²) < 4.78 is 5.38. The number of fused-ring (bicyclic) bond motifs is 1. The van der Waals surface area contributed by atoms with E-state index >= 15 is 0 Å². The van der Waals surface area contributed by atoms with Crippen LogP contribution in [0.4, 0.5) is 0 Å². The van der Waals surface area contributed by atoms with Gasteiger partial charge in [-0.05, 0) is 26.7 Å². The van der Waals surface area contributed by atoms with Crippen molar-refractivity contribution < 1.29 is 19.1 Å². The molecule has 0 radical (unpaired) electrons. The molecule has 7 heteroatoms. The SMILES string of the molecule is CC(C)(CNC(=O)CCN1C(=O)[C@@H]2CCCC[C@H]2C1=O)N1CCOCC1. The van der Waals surface area contributed by atoms with E-state index in [9.17, 15) is 14.4 Å². The molecule has 1 aliphatic carbocycles. The van der Waals surface area contributed by atoms with Crippen LogP contribution in [0.5, 0.6) is 0 Å². The minimum absolute atomic E-state index is 0.0684. The third-order valence-electron chi connectivity index (χ3n) is 6.08. The fourth-order valence-electron chi connectivity index (χ4n) is 4.35. The Balaban J connectivity index is 1.45. The van der Waals surface area contributed by atoms with Gasteiger partial charge in [0.2, 0.25) is 17.7 Å². The standard InChI is InChI=1S/C19H31N3O4/c1-19(2,21-9-11-26-12-10-21)13-20-16(23)7-8-22-17(24)14-5-3-4-6-15(14)18(22)25/h14-15H,3-13H2,1-2H3,(H,20,23)/t14-,15-/m1/s1. The van der Waals surface area contributed by atoms with E-state index in [4.69, 9.17) is 4.74 Å². The number of likely N-dealkylation sites (tertiary alicyclic amines) is 1. The zero-order valence-corrected chi connectivity index (χ0v) is 16.0. The average Bonchev–Trinajstić information content (AvgIpc) is 2.90. The Labute approximate surface area is 155 Å². The Morgan fingerprint density at radius 3 is 2.27 bits per heavy atom. The van der Waals surface area contributed by atoms with E-state index in [1.165, 1.54) is 4.90 Å². The van der Waals surface area contributed by atoms with E-state index in [2.05, 4.69) is 24.1 Å². The Morgan fingerprint density at radius 2 is 1.69 bits per heavy atom. The number of nitrogens with one attached hydrogen (secondary N) is 1. The minimum Gasteiger partial charge on any atom is -0.379 e. The lowest BCUT2D eigenvalue weighted by Gasteiger charge is -2.40. The molecule has 0 bridgehead atoms. The van der Waals surface area contributed by atoms with Crippen LogP contribution in [-0.2, 0) is 19.1 Å². The fourth-order valence-corrected chi connectivity index (χ4v) is 4.35. The van der Waals surface area contributed by atoms with Gasteiger partial charge < -0.3 is 10.1 Å². The van der Waals surface area contributed by atoms with Crippen molar-refractivity contribution in [3.05, 3.63) is 0 Å². The summed E-state index contributed by atoms with van der Waals surface area (Å²) in [6, 6.07) is 0. The molecule has 26 heavy (non-hydrogen) atoms. The first-order chi connectivity index (χ1) is 12.4. The molecule has 2 heterocycles. The van der Waals surface area contributed by atoms with Gasteiger partial charge in [-0.3, -0.25) is 24.2 Å². The highest BCUT2D eigenvalue weighted by molar-refractivity contribution is 6.05. The number of rotatable bonds is 6. The molecular formula is C19H31N3O4. The van der Waals surface area contributed by atoms with Gasteiger partial charge >= 0.3 is 0 Å². The van der Waals surface area contributed by atoms with E-state index in [0.717, 1.165) is 52.0 Å². The minimum atomic E-state index is -0.145. The second-order valence-corrected chi connectivity index (χ2v) is 8.26. The van der Waals surface area contributed by atoms with Gasteiger partial charge in [-0.25, -0.2) is 0 Å². The second-order valence-electron chi connectivity index (χ2n) is 8.26. The number of carbonyl (C=O) groups excluding carboxylic acids is 3. The number of carbonyl (C=O) groups is 3. The third kappa shape index (κ3) is 4.09. The zero-order valence-electron chi connectivity index (χ0n) is 16.0. The van der Waals surface area contributed by atoms with Gasteiger partial charge in [0.25, 0.3) is 0 Å². The molecule has 3 aliphatic rings. The molecule has 3 rings (SSSR count). The molecule has 3 fully saturated rings. The van der Waals surface area contributed by atoms with Gasteiger partial charge in [0, 0.05) is 38.1 Å². The van der Waals surface area contributed by atoms with Crippen LogP contribution >= 0.6 is 0 Å². The lowest BCUT2D eigenvalue weighted by Crippen LogP contribution is -2.55. The maximum atomic E-state index is 12.4. The van der Waals surface area contributed by atoms with E-state index in [0.29, 0.717) is 6.54 Å². The molecule has 0 aromatic heterocycles. The smallest absolute Gasteiger partial charge is 0.233 e. The van der Waals surface area contributed by atoms with Gasteiger partial charge in [-0.2, -0.15) is 0 Å². The quantitative estimate of drug-likeness (QED) is 0.704. The van der Waals surface area contributed by atoms with Crippen LogP contribution in [0, 0.1) is 11.8 Å². The van der Waals surface area contributed by atoms with Crippen LogP contribution < -0.4 is 5.32 Å². The molecule has 7 nitrogen and oxygen atoms in total. The Bertz CT molecular complexity index is 533. The number of nitrogens with zero attached hydrogens (tertiary/aromatic N) is 2. The first kappa shape index (κ1) is 19.3. The van der Waals surface area contributed by atoms with Crippen LogP contribution in [0.3, 0.4) is 0 Å². The first-order valence-corrected chi connectivity index (χ1v) is 9.85. The second kappa shape index (κ2) is 8.05. The number of imide groups is 1. The van der Waals surface area contributed by atoms with E-state index < -0.39 is 0 Å². The molecule has 2 aliphatic heterocycles. The van der Waals surface area contributed by atoms with Gasteiger partial charge in [-0.1, -0.05) is 12.8 Å². The van der Waals surface area contributed by atoms with Gasteiger partial charge in [0.15, 0.2) is 0 Å². The Morgan fingerprint density at radius 1 is 1.12 bits per heavy atom. The van der Waals surface area contributed by atoms with Crippen molar-refractivity contribution in [3.63, 3.8) is 0 Å². The highest BCUT2D eigenvalue weighted by Gasteiger charge is 2.47. The summed E-state index contributed by atoms with van der Waals surface area (Å²) in [5, 5.41) is 2.97. The summed E-state index contributed by atoms with van der Waals surface area (Å²) in [5.74, 6) is -0.525. The third-order valence-corrected chi connectivity index (χ3v) is 6.08. The molecule has 146 valence electrons. The predicted molar refractivity (Wildman–Crippen MR) is 96.3 cm³/mol. The Hall–Kier alpha value is -1.47. The van der Waals surface area contributed by atoms with E-state index in [1.807, 2.05) is 0 Å². The fraction of sp³-hybridized carbons (Fsp3) is 0.842. The molecular weight excluding hydrogens is 334 g/mol. The summed E-state index contributed by atoms with van der Waals surface area (Å²) in [6.45, 7) is 8.13. The molecule has 0 aromatic rings. The van der Waals surface area contributed by atoms with Crippen molar-refractivity contribution in [3.8, 4) is 0 Å². The molecule has 0 aromatic carbocycles. The Kier molecular flexibility index (Phi) is 5.97. The summed E-state index contributed by atoms with van der Waals surface area (Å²) in [4.78, 5) is 40.8. The molecule has 2 saturated heterocycles. The monoisotopic (exact) mass is 365 g/mol.